The van der Waals surface area contributed by atoms with Crippen molar-refractivity contribution in [1.82, 2.24) is 19.9 Å². The molecule has 1 aliphatic heterocycles. The van der Waals surface area contributed by atoms with Gasteiger partial charge in [0.25, 0.3) is 5.56 Å². The number of nitrogens with zero attached hydrogens (tertiary/aromatic N) is 3. The Bertz CT molecular complexity index is 1450. The molecule has 0 saturated carbocycles. The number of aromatic amines is 1. The number of halogens is 3. The average Bonchev–Trinajstić information content (AvgIpc) is 2.86. The molecule has 0 bridgehead atoms. The van der Waals surface area contributed by atoms with Gasteiger partial charge in [0, 0.05) is 49.9 Å². The molecule has 2 aromatic heterocycles. The summed E-state index contributed by atoms with van der Waals surface area (Å²) >= 11 is 6.49. The van der Waals surface area contributed by atoms with Crippen LogP contribution in [0.3, 0.4) is 0 Å². The Morgan fingerprint density at radius 2 is 1.86 bits per heavy atom. The van der Waals surface area contributed by atoms with Crippen molar-refractivity contribution in [2.45, 2.75) is 25.3 Å². The Morgan fingerprint density at radius 1 is 1.11 bits per heavy atom. The molecular formula is C27H26ClF2N5O2. The second-order valence-corrected chi connectivity index (χ2v) is 9.64. The van der Waals surface area contributed by atoms with Crippen LogP contribution >= 0.6 is 11.6 Å². The van der Waals surface area contributed by atoms with Crippen LogP contribution in [0.4, 0.5) is 14.5 Å². The third-order valence-electron chi connectivity index (χ3n) is 6.56. The van der Waals surface area contributed by atoms with E-state index in [4.69, 9.17) is 16.7 Å². The Morgan fingerprint density at radius 3 is 2.54 bits per heavy atom. The zero-order valence-corrected chi connectivity index (χ0v) is 20.7. The maximum absolute atomic E-state index is 13.5. The number of pyridine rings is 1. The molecule has 7 nitrogen and oxygen atoms in total. The topological polar surface area (TPSA) is 94.1 Å². The number of H-pyrrole nitrogens is 1. The molecule has 1 fully saturated rings. The molecule has 4 aromatic rings. The van der Waals surface area contributed by atoms with Crippen LogP contribution in [0.25, 0.3) is 22.2 Å². The van der Waals surface area contributed by atoms with E-state index in [1.165, 1.54) is 12.1 Å². The number of likely N-dealkylation sites (tertiary alicyclic amines) is 1. The summed E-state index contributed by atoms with van der Waals surface area (Å²) in [6, 6.07) is 10.4. The SMILES string of the molecule is O=c1[nH]c(Cc2ccc(-c3cc(F)cc(F)c3)nc2)nc2cc(NC3CCN(CCO)CC3)c(Cl)cc12. The number of aromatic nitrogens is 3. The molecule has 3 N–H and O–H groups in total. The smallest absolute Gasteiger partial charge is 0.258 e. The Balaban J connectivity index is 1.34. The second kappa shape index (κ2) is 10.9. The molecule has 192 valence electrons. The summed E-state index contributed by atoms with van der Waals surface area (Å²) in [5.41, 5.74) is 2.54. The number of aliphatic hydroxyl groups is 1. The third kappa shape index (κ3) is 5.95. The van der Waals surface area contributed by atoms with E-state index < -0.39 is 11.6 Å². The highest BCUT2D eigenvalue weighted by atomic mass is 35.5. The molecule has 0 atom stereocenters. The minimum absolute atomic E-state index is 0.157. The zero-order valence-electron chi connectivity index (χ0n) is 20.0. The molecule has 5 rings (SSSR count). The van der Waals surface area contributed by atoms with E-state index in [2.05, 4.69) is 25.2 Å². The maximum atomic E-state index is 13.5. The highest BCUT2D eigenvalue weighted by Gasteiger charge is 2.20. The van der Waals surface area contributed by atoms with Crippen molar-refractivity contribution >= 4 is 28.2 Å². The fourth-order valence-corrected chi connectivity index (χ4v) is 4.88. The van der Waals surface area contributed by atoms with Crippen LogP contribution in [-0.2, 0) is 6.42 Å². The average molecular weight is 526 g/mol. The molecule has 0 radical (unpaired) electrons. The highest BCUT2D eigenvalue weighted by molar-refractivity contribution is 6.34. The number of piperidine rings is 1. The molecule has 0 amide bonds. The standard InChI is InChI=1S/C27H26ClF2N5O2/c28-22-13-21-24(14-25(22)32-20-3-5-35(6-4-20)7-8-36)33-26(34-27(21)37)9-16-1-2-23(31-15-16)17-10-18(29)12-19(30)11-17/h1-2,10-15,20,32,36H,3-9H2,(H,33,34,37). The molecule has 1 aliphatic rings. The normalized spacial score (nSPS) is 14.8. The number of hydrogen-bond donors (Lipinski definition) is 3. The van der Waals surface area contributed by atoms with Gasteiger partial charge in [0.1, 0.15) is 17.5 Å². The highest BCUT2D eigenvalue weighted by Crippen LogP contribution is 2.28. The summed E-state index contributed by atoms with van der Waals surface area (Å²) in [6.45, 7) is 2.63. The van der Waals surface area contributed by atoms with Gasteiger partial charge in [-0.05, 0) is 48.7 Å². The van der Waals surface area contributed by atoms with Crippen molar-refractivity contribution in [3.8, 4) is 11.3 Å². The Labute approximate surface area is 217 Å². The number of anilines is 1. The van der Waals surface area contributed by atoms with Crippen LogP contribution in [-0.4, -0.2) is 57.2 Å². The largest absolute Gasteiger partial charge is 0.395 e. The van der Waals surface area contributed by atoms with Gasteiger partial charge in [0.15, 0.2) is 0 Å². The van der Waals surface area contributed by atoms with Crippen LogP contribution in [0.2, 0.25) is 5.02 Å². The molecular weight excluding hydrogens is 500 g/mol. The second-order valence-electron chi connectivity index (χ2n) is 9.23. The Hall–Kier alpha value is -3.40. The molecule has 0 aliphatic carbocycles. The van der Waals surface area contributed by atoms with Crippen LogP contribution in [0.1, 0.15) is 24.2 Å². The minimum atomic E-state index is -0.667. The lowest BCUT2D eigenvalue weighted by Crippen LogP contribution is -2.40. The number of rotatable bonds is 7. The van der Waals surface area contributed by atoms with Gasteiger partial charge in [-0.1, -0.05) is 17.7 Å². The van der Waals surface area contributed by atoms with Crippen molar-refractivity contribution in [2.24, 2.45) is 0 Å². The first kappa shape index (κ1) is 25.3. The lowest BCUT2D eigenvalue weighted by atomic mass is 10.0. The number of β-amino-alcohol motifs (C(OH)–C–C–N with tert-alkyl or cyclic N) is 1. The summed E-state index contributed by atoms with van der Waals surface area (Å²) in [6.07, 6.45) is 3.77. The van der Waals surface area contributed by atoms with Gasteiger partial charge in [-0.3, -0.25) is 9.78 Å². The number of fused-ring (bicyclic) bond motifs is 1. The first-order valence-electron chi connectivity index (χ1n) is 12.1. The van der Waals surface area contributed by atoms with Gasteiger partial charge in [-0.15, -0.1) is 0 Å². The quantitative estimate of drug-likeness (QED) is 0.331. The van der Waals surface area contributed by atoms with Crippen molar-refractivity contribution in [2.75, 3.05) is 31.6 Å². The molecule has 0 unspecified atom stereocenters. The summed E-state index contributed by atoms with van der Waals surface area (Å²) in [7, 11) is 0. The zero-order chi connectivity index (χ0) is 25.9. The van der Waals surface area contributed by atoms with Crippen molar-refractivity contribution in [3.05, 3.63) is 87.1 Å². The van der Waals surface area contributed by atoms with Crippen LogP contribution in [0.5, 0.6) is 0 Å². The molecule has 2 aromatic carbocycles. The van der Waals surface area contributed by atoms with E-state index in [-0.39, 0.29) is 18.2 Å². The van der Waals surface area contributed by atoms with E-state index in [0.717, 1.165) is 43.2 Å². The minimum Gasteiger partial charge on any atom is -0.395 e. The van der Waals surface area contributed by atoms with Gasteiger partial charge in [0.2, 0.25) is 0 Å². The molecule has 1 saturated heterocycles. The summed E-state index contributed by atoms with van der Waals surface area (Å²) < 4.78 is 27.1. The number of aliphatic hydroxyl groups excluding tert-OH is 1. The third-order valence-corrected chi connectivity index (χ3v) is 6.87. The van der Waals surface area contributed by atoms with E-state index >= 15 is 0 Å². The predicted molar refractivity (Wildman–Crippen MR) is 140 cm³/mol. The van der Waals surface area contributed by atoms with Gasteiger partial charge < -0.3 is 20.3 Å². The first-order valence-corrected chi connectivity index (χ1v) is 12.5. The van der Waals surface area contributed by atoms with Crippen LogP contribution in [0.15, 0.2) is 53.5 Å². The van der Waals surface area contributed by atoms with Crippen LogP contribution < -0.4 is 10.9 Å². The monoisotopic (exact) mass is 525 g/mol. The lowest BCUT2D eigenvalue weighted by molar-refractivity contribution is 0.168. The molecule has 37 heavy (non-hydrogen) atoms. The van der Waals surface area contributed by atoms with Gasteiger partial charge >= 0.3 is 0 Å². The van der Waals surface area contributed by atoms with Crippen LogP contribution in [0, 0.1) is 11.6 Å². The molecule has 0 spiro atoms. The number of benzene rings is 2. The van der Waals surface area contributed by atoms with E-state index in [1.54, 1.807) is 30.5 Å². The first-order chi connectivity index (χ1) is 17.9. The van der Waals surface area contributed by atoms with Crippen molar-refractivity contribution in [1.29, 1.82) is 0 Å². The van der Waals surface area contributed by atoms with Crippen molar-refractivity contribution in [3.63, 3.8) is 0 Å². The van der Waals surface area contributed by atoms with E-state index in [1.807, 2.05) is 0 Å². The maximum Gasteiger partial charge on any atom is 0.258 e. The molecule has 3 heterocycles. The van der Waals surface area contributed by atoms with Gasteiger partial charge in [-0.25, -0.2) is 13.8 Å². The van der Waals surface area contributed by atoms with E-state index in [0.29, 0.717) is 46.0 Å². The molecule has 10 heteroatoms. The number of hydrogen-bond acceptors (Lipinski definition) is 6. The van der Waals surface area contributed by atoms with Crippen molar-refractivity contribution < 1.29 is 13.9 Å². The van der Waals surface area contributed by atoms with E-state index in [9.17, 15) is 13.6 Å². The fourth-order valence-electron chi connectivity index (χ4n) is 4.66. The van der Waals surface area contributed by atoms with Gasteiger partial charge in [-0.2, -0.15) is 0 Å². The number of nitrogens with one attached hydrogen (secondary N) is 2. The predicted octanol–water partition coefficient (Wildman–Crippen LogP) is 4.38. The summed E-state index contributed by atoms with van der Waals surface area (Å²) in [5, 5.41) is 13.5. The Kier molecular flexibility index (Phi) is 7.45. The fraction of sp³-hybridized carbons (Fsp3) is 0.296. The summed E-state index contributed by atoms with van der Waals surface area (Å²) in [4.78, 5) is 26.8. The summed E-state index contributed by atoms with van der Waals surface area (Å²) in [5.74, 6) is -0.866. The lowest BCUT2D eigenvalue weighted by Gasteiger charge is -2.32. The van der Waals surface area contributed by atoms with Gasteiger partial charge in [0.05, 0.1) is 33.9 Å².